The minimum atomic E-state index is -1.04. The molecule has 2 rings (SSSR count). The molecule has 1 atom stereocenters. The second-order valence-electron chi connectivity index (χ2n) is 12.8. The van der Waals surface area contributed by atoms with Gasteiger partial charge in [-0.05, 0) is 51.1 Å². The molecule has 2 amide bonds. The molecule has 1 saturated heterocycles. The molecule has 0 saturated carbocycles. The van der Waals surface area contributed by atoms with E-state index in [0.29, 0.717) is 51.1 Å². The van der Waals surface area contributed by atoms with Crippen LogP contribution in [0.15, 0.2) is 24.3 Å². The first kappa shape index (κ1) is 45.6. The van der Waals surface area contributed by atoms with Crippen LogP contribution in [0.1, 0.15) is 36.5 Å². The van der Waals surface area contributed by atoms with Gasteiger partial charge in [0.05, 0.1) is 51.9 Å². The molecule has 19 nitrogen and oxygen atoms in total. The Bertz CT molecular complexity index is 1350. The van der Waals surface area contributed by atoms with Crippen molar-refractivity contribution in [2.75, 3.05) is 112 Å². The third kappa shape index (κ3) is 20.1. The molecule has 0 bridgehead atoms. The van der Waals surface area contributed by atoms with Gasteiger partial charge in [-0.25, -0.2) is 0 Å². The van der Waals surface area contributed by atoms with Gasteiger partial charge in [0.1, 0.15) is 11.5 Å². The highest BCUT2D eigenvalue weighted by Gasteiger charge is 2.21. The maximum Gasteiger partial charge on any atom is 0.317 e. The van der Waals surface area contributed by atoms with Crippen molar-refractivity contribution >= 4 is 41.5 Å². The summed E-state index contributed by atoms with van der Waals surface area (Å²) >= 11 is 0. The van der Waals surface area contributed by atoms with Crippen molar-refractivity contribution in [3.63, 3.8) is 0 Å². The number of likely N-dealkylation sites (N-methyl/N-ethyl adjacent to an activating group) is 1. The van der Waals surface area contributed by atoms with E-state index in [0.717, 1.165) is 0 Å². The molecule has 0 aliphatic carbocycles. The molecule has 0 radical (unpaired) electrons. The molecule has 1 aromatic carbocycles. The van der Waals surface area contributed by atoms with Crippen molar-refractivity contribution in [1.29, 1.82) is 0 Å². The molecule has 1 heterocycles. The van der Waals surface area contributed by atoms with Crippen molar-refractivity contribution in [2.24, 2.45) is 0 Å². The number of ketones is 1. The number of carboxylic acids is 3. The van der Waals surface area contributed by atoms with Crippen molar-refractivity contribution in [1.82, 2.24) is 35.6 Å². The van der Waals surface area contributed by atoms with Crippen LogP contribution in [0.25, 0.3) is 0 Å². The summed E-state index contributed by atoms with van der Waals surface area (Å²) in [6.45, 7) is 3.76. The molecular weight excluding hydrogens is 710 g/mol. The van der Waals surface area contributed by atoms with E-state index in [1.54, 1.807) is 21.7 Å². The lowest BCUT2D eigenvalue weighted by Gasteiger charge is -2.32. The maximum atomic E-state index is 12.8. The third-order valence-corrected chi connectivity index (χ3v) is 8.54. The second kappa shape index (κ2) is 25.5. The Kier molecular flexibility index (Phi) is 21.5. The summed E-state index contributed by atoms with van der Waals surface area (Å²) in [5.74, 6) is -3.95. The fourth-order valence-corrected chi connectivity index (χ4v) is 5.58. The molecule has 0 spiro atoms. The smallest absolute Gasteiger partial charge is 0.317 e. The van der Waals surface area contributed by atoms with Gasteiger partial charge in [0, 0.05) is 71.0 Å². The van der Waals surface area contributed by atoms with Crippen LogP contribution >= 0.6 is 0 Å². The number of carbonyl (C=O) groups is 7. The SMILES string of the molecule is CN[C@@H](CCCNC(=O)c1ccc(OC(=O)CCOCCNC(=O)CN2CCN(CC(=O)O)CCN(CC(=O)O)CCN(CC(=O)O)CC2)cc1)C(C)=O. The summed E-state index contributed by atoms with van der Waals surface area (Å²) in [6, 6.07) is 5.86. The highest BCUT2D eigenvalue weighted by atomic mass is 16.5. The Morgan fingerprint density at radius 1 is 0.685 bits per heavy atom. The normalized spacial score (nSPS) is 16.0. The number of Topliss-reactive ketones (excluding diaryl/α,β-unsaturated/α-hetero) is 1. The van der Waals surface area contributed by atoms with E-state index in [2.05, 4.69) is 16.0 Å². The zero-order valence-electron chi connectivity index (χ0n) is 31.1. The molecule has 19 heteroatoms. The summed E-state index contributed by atoms with van der Waals surface area (Å²) < 4.78 is 10.8. The minimum Gasteiger partial charge on any atom is -0.480 e. The number of aliphatic carboxylic acids is 3. The van der Waals surface area contributed by atoms with E-state index in [1.165, 1.54) is 31.2 Å². The van der Waals surface area contributed by atoms with Gasteiger partial charge in [-0.3, -0.25) is 53.2 Å². The third-order valence-electron chi connectivity index (χ3n) is 8.54. The van der Waals surface area contributed by atoms with Gasteiger partial charge in [0.2, 0.25) is 5.91 Å². The van der Waals surface area contributed by atoms with Gasteiger partial charge in [-0.1, -0.05) is 0 Å². The number of nitrogens with zero attached hydrogens (tertiary/aromatic N) is 4. The number of hydrogen-bond donors (Lipinski definition) is 6. The molecule has 6 N–H and O–H groups in total. The lowest BCUT2D eigenvalue weighted by molar-refractivity contribution is -0.140. The van der Waals surface area contributed by atoms with Crippen LogP contribution in [-0.4, -0.2) is 194 Å². The Morgan fingerprint density at radius 3 is 1.61 bits per heavy atom. The van der Waals surface area contributed by atoms with Crippen LogP contribution < -0.4 is 20.7 Å². The predicted octanol–water partition coefficient (Wildman–Crippen LogP) is -1.72. The van der Waals surface area contributed by atoms with E-state index in [-0.39, 0.29) is 108 Å². The standard InChI is InChI=1S/C35H55N7O12/c1-26(43)29(36-2)4-3-10-38-35(52)27-5-7-28(8-6-27)54-34(51)9-20-53-21-11-37-30(44)22-39-12-14-40(23-31(45)46)16-18-42(25-33(49)50)19-17-41(15-13-39)24-32(47)48/h5-8,29,36H,3-4,9-25H2,1-2H3,(H,37,44)(H,38,52)(H,45,46)(H,47,48)(H,49,50)/t29-/m0/s1. The minimum absolute atomic E-state index is 0.0298. The number of rotatable bonds is 22. The molecule has 1 fully saturated rings. The predicted molar refractivity (Wildman–Crippen MR) is 194 cm³/mol. The Morgan fingerprint density at radius 2 is 1.17 bits per heavy atom. The van der Waals surface area contributed by atoms with Gasteiger partial charge >= 0.3 is 23.9 Å². The van der Waals surface area contributed by atoms with Gasteiger partial charge < -0.3 is 40.7 Å². The monoisotopic (exact) mass is 765 g/mol. The Hall–Kier alpha value is -4.53. The van der Waals surface area contributed by atoms with Crippen molar-refractivity contribution in [2.45, 2.75) is 32.2 Å². The number of esters is 1. The van der Waals surface area contributed by atoms with Crippen LogP contribution in [-0.2, 0) is 33.5 Å². The first-order valence-electron chi connectivity index (χ1n) is 17.9. The van der Waals surface area contributed by atoms with E-state index in [1.807, 2.05) is 4.90 Å². The van der Waals surface area contributed by atoms with Crippen LogP contribution in [0, 0.1) is 0 Å². The van der Waals surface area contributed by atoms with E-state index in [9.17, 15) is 48.9 Å². The van der Waals surface area contributed by atoms with E-state index < -0.39 is 23.9 Å². The van der Waals surface area contributed by atoms with Crippen LogP contribution in [0.2, 0.25) is 0 Å². The number of carboxylic acid groups (broad SMARTS) is 3. The van der Waals surface area contributed by atoms with E-state index >= 15 is 0 Å². The number of ether oxygens (including phenoxy) is 2. The van der Waals surface area contributed by atoms with Crippen molar-refractivity contribution in [3.05, 3.63) is 29.8 Å². The van der Waals surface area contributed by atoms with Crippen LogP contribution in [0.5, 0.6) is 5.75 Å². The lowest BCUT2D eigenvalue weighted by atomic mass is 10.1. The molecule has 302 valence electrons. The quantitative estimate of drug-likeness (QED) is 0.0436. The number of amides is 2. The summed E-state index contributed by atoms with van der Waals surface area (Å²) in [5.41, 5.74) is 0.395. The van der Waals surface area contributed by atoms with Gasteiger partial charge in [0.25, 0.3) is 5.91 Å². The highest BCUT2D eigenvalue weighted by molar-refractivity contribution is 5.94. The van der Waals surface area contributed by atoms with Gasteiger partial charge in [-0.15, -0.1) is 0 Å². The maximum absolute atomic E-state index is 12.8. The number of carbonyl (C=O) groups excluding carboxylic acids is 4. The van der Waals surface area contributed by atoms with Crippen LogP contribution in [0.3, 0.4) is 0 Å². The van der Waals surface area contributed by atoms with E-state index in [4.69, 9.17) is 9.47 Å². The fraction of sp³-hybridized carbons (Fsp3) is 0.629. The topological polar surface area (TPSA) is 248 Å². The highest BCUT2D eigenvalue weighted by Crippen LogP contribution is 2.13. The van der Waals surface area contributed by atoms with Crippen molar-refractivity contribution < 1.29 is 58.4 Å². The molecule has 0 aromatic heterocycles. The molecular formula is C35H55N7O12. The largest absolute Gasteiger partial charge is 0.480 e. The summed E-state index contributed by atoms with van der Waals surface area (Å²) in [6.07, 6.45) is 1.19. The number of hydrogen-bond acceptors (Lipinski definition) is 14. The Labute approximate surface area is 314 Å². The zero-order chi connectivity index (χ0) is 39.9. The van der Waals surface area contributed by atoms with Crippen molar-refractivity contribution in [3.8, 4) is 5.75 Å². The molecule has 1 aliphatic rings. The Balaban J connectivity index is 1.75. The summed E-state index contributed by atoms with van der Waals surface area (Å²) in [4.78, 5) is 90.0. The average molecular weight is 766 g/mol. The fourth-order valence-electron chi connectivity index (χ4n) is 5.58. The van der Waals surface area contributed by atoms with Gasteiger partial charge in [0.15, 0.2) is 0 Å². The zero-order valence-corrected chi connectivity index (χ0v) is 31.1. The first-order valence-corrected chi connectivity index (χ1v) is 17.9. The van der Waals surface area contributed by atoms with Crippen LogP contribution in [0.4, 0.5) is 0 Å². The number of nitrogens with one attached hydrogen (secondary N) is 3. The molecule has 0 unspecified atom stereocenters. The molecule has 1 aromatic rings. The summed E-state index contributed by atoms with van der Waals surface area (Å²) in [7, 11) is 1.72. The number of benzene rings is 1. The lowest BCUT2D eigenvalue weighted by Crippen LogP contribution is -2.50. The summed E-state index contributed by atoms with van der Waals surface area (Å²) in [5, 5.41) is 36.5. The average Bonchev–Trinajstić information content (AvgIpc) is 3.10. The molecule has 1 aliphatic heterocycles. The van der Waals surface area contributed by atoms with Gasteiger partial charge in [-0.2, -0.15) is 0 Å². The second-order valence-corrected chi connectivity index (χ2v) is 12.8. The first-order chi connectivity index (χ1) is 25.7. The molecule has 54 heavy (non-hydrogen) atoms.